The van der Waals surface area contributed by atoms with Crippen LogP contribution in [0.3, 0.4) is 0 Å². The van der Waals surface area contributed by atoms with E-state index in [4.69, 9.17) is 5.11 Å². The minimum Gasteiger partial charge on any atom is -0.478 e. The molecule has 2 aromatic carbocycles. The van der Waals surface area contributed by atoms with Crippen molar-refractivity contribution in [2.24, 2.45) is 0 Å². The van der Waals surface area contributed by atoms with E-state index in [1.807, 2.05) is 24.3 Å². The fourth-order valence-electron chi connectivity index (χ4n) is 2.57. The number of hydrazine groups is 1. The van der Waals surface area contributed by atoms with Crippen LogP contribution in [-0.4, -0.2) is 22.9 Å². The summed E-state index contributed by atoms with van der Waals surface area (Å²) in [6.07, 6.45) is 2.52. The van der Waals surface area contributed by atoms with E-state index in [0.717, 1.165) is 15.2 Å². The van der Waals surface area contributed by atoms with Crippen LogP contribution >= 0.6 is 22.6 Å². The summed E-state index contributed by atoms with van der Waals surface area (Å²) in [6, 6.07) is 14.4. The molecule has 26 heavy (non-hydrogen) atoms. The lowest BCUT2D eigenvalue weighted by Gasteiger charge is -2.11. The van der Waals surface area contributed by atoms with E-state index in [0.29, 0.717) is 16.7 Å². The number of carbonyl (C=O) groups excluding carboxylic acids is 2. The summed E-state index contributed by atoms with van der Waals surface area (Å²) >= 11 is 2.18. The highest BCUT2D eigenvalue weighted by atomic mass is 127. The quantitative estimate of drug-likeness (QED) is 0.371. The number of halogens is 1. The third-order valence-electron chi connectivity index (χ3n) is 3.74. The van der Waals surface area contributed by atoms with E-state index >= 15 is 0 Å². The van der Waals surface area contributed by atoms with E-state index in [2.05, 4.69) is 33.4 Å². The van der Waals surface area contributed by atoms with Gasteiger partial charge in [-0.25, -0.2) is 4.79 Å². The molecule has 2 amide bonds. The first-order valence-electron chi connectivity index (χ1n) is 7.58. The molecule has 0 unspecified atom stereocenters. The van der Waals surface area contributed by atoms with Crippen LogP contribution in [0.2, 0.25) is 0 Å². The topological polar surface area (TPSA) is 95.5 Å². The van der Waals surface area contributed by atoms with Gasteiger partial charge in [0.05, 0.1) is 0 Å². The first-order chi connectivity index (χ1) is 12.5. The maximum absolute atomic E-state index is 12.2. The molecule has 3 N–H and O–H groups in total. The van der Waals surface area contributed by atoms with Gasteiger partial charge >= 0.3 is 5.97 Å². The highest BCUT2D eigenvalue weighted by Gasteiger charge is 2.30. The van der Waals surface area contributed by atoms with Crippen LogP contribution in [0.15, 0.2) is 60.2 Å². The number of rotatable bonds is 4. The van der Waals surface area contributed by atoms with Gasteiger partial charge in [0.25, 0.3) is 11.8 Å². The van der Waals surface area contributed by atoms with Crippen molar-refractivity contribution in [1.82, 2.24) is 10.9 Å². The average molecular weight is 460 g/mol. The number of benzene rings is 2. The predicted molar refractivity (Wildman–Crippen MR) is 105 cm³/mol. The first kappa shape index (κ1) is 17.9. The lowest BCUT2D eigenvalue weighted by atomic mass is 9.92. The van der Waals surface area contributed by atoms with Crippen LogP contribution in [0.5, 0.6) is 0 Å². The third kappa shape index (κ3) is 3.83. The van der Waals surface area contributed by atoms with Gasteiger partial charge in [0.1, 0.15) is 5.57 Å². The van der Waals surface area contributed by atoms with Crippen molar-refractivity contribution in [3.63, 3.8) is 0 Å². The molecule has 0 radical (unpaired) electrons. The molecule has 0 saturated carbocycles. The smallest absolute Gasteiger partial charge is 0.328 e. The van der Waals surface area contributed by atoms with Crippen LogP contribution in [0, 0.1) is 3.57 Å². The van der Waals surface area contributed by atoms with E-state index in [1.165, 1.54) is 6.08 Å². The molecule has 1 heterocycles. The second-order valence-corrected chi connectivity index (χ2v) is 6.70. The summed E-state index contributed by atoms with van der Waals surface area (Å²) in [4.78, 5) is 34.9. The predicted octanol–water partition coefficient (Wildman–Crippen LogP) is 2.35. The van der Waals surface area contributed by atoms with Crippen LogP contribution in [0.25, 0.3) is 11.6 Å². The molecule has 6 nitrogen and oxygen atoms in total. The van der Waals surface area contributed by atoms with Crippen LogP contribution < -0.4 is 10.9 Å². The molecule has 0 atom stereocenters. The molecule has 130 valence electrons. The van der Waals surface area contributed by atoms with E-state index in [1.54, 1.807) is 24.3 Å². The molecule has 0 spiro atoms. The lowest BCUT2D eigenvalue weighted by Crippen LogP contribution is -2.28. The number of hydrogen-bond donors (Lipinski definition) is 3. The van der Waals surface area contributed by atoms with Gasteiger partial charge in [-0.3, -0.25) is 20.4 Å². The van der Waals surface area contributed by atoms with E-state index in [9.17, 15) is 14.4 Å². The summed E-state index contributed by atoms with van der Waals surface area (Å²) in [7, 11) is 0. The third-order valence-corrected chi connectivity index (χ3v) is 4.46. The zero-order valence-corrected chi connectivity index (χ0v) is 15.5. The second-order valence-electron chi connectivity index (χ2n) is 5.46. The van der Waals surface area contributed by atoms with Crippen LogP contribution in [0.1, 0.15) is 16.7 Å². The Hall–Kier alpha value is -2.94. The fourth-order valence-corrected chi connectivity index (χ4v) is 2.93. The summed E-state index contributed by atoms with van der Waals surface area (Å²) in [5.41, 5.74) is 7.32. The fraction of sp³-hybridized carbons (Fsp3) is 0. The van der Waals surface area contributed by atoms with Gasteiger partial charge in [-0.15, -0.1) is 0 Å². The Labute approximate surface area is 162 Å². The largest absolute Gasteiger partial charge is 0.478 e. The van der Waals surface area contributed by atoms with Gasteiger partial charge in [-0.2, -0.15) is 0 Å². The molecule has 1 saturated heterocycles. The molecule has 1 aliphatic heterocycles. The normalized spacial score (nSPS) is 13.7. The van der Waals surface area contributed by atoms with Crippen LogP contribution in [0.4, 0.5) is 0 Å². The minimum absolute atomic E-state index is 0.0417. The molecule has 3 rings (SSSR count). The summed E-state index contributed by atoms with van der Waals surface area (Å²) in [5, 5.41) is 8.71. The van der Waals surface area contributed by atoms with Crippen molar-refractivity contribution < 1.29 is 19.5 Å². The molecule has 1 aliphatic rings. The number of carboxylic acids is 1. The average Bonchev–Trinajstić information content (AvgIpc) is 2.95. The zero-order chi connectivity index (χ0) is 18.7. The number of carboxylic acid groups (broad SMARTS) is 1. The molecule has 2 aromatic rings. The van der Waals surface area contributed by atoms with Crippen LogP contribution in [-0.2, 0) is 14.4 Å². The summed E-state index contributed by atoms with van der Waals surface area (Å²) in [5.74, 6) is -2.01. The zero-order valence-electron chi connectivity index (χ0n) is 13.3. The Morgan fingerprint density at radius 2 is 1.38 bits per heavy atom. The van der Waals surface area contributed by atoms with E-state index < -0.39 is 17.8 Å². The lowest BCUT2D eigenvalue weighted by molar-refractivity contribution is -0.131. The monoisotopic (exact) mass is 460 g/mol. The Kier molecular flexibility index (Phi) is 5.17. The minimum atomic E-state index is -1.03. The first-order valence-corrected chi connectivity index (χ1v) is 8.66. The highest BCUT2D eigenvalue weighted by molar-refractivity contribution is 14.1. The van der Waals surface area contributed by atoms with E-state index in [-0.39, 0.29) is 5.57 Å². The van der Waals surface area contributed by atoms with Gasteiger partial charge < -0.3 is 5.11 Å². The van der Waals surface area contributed by atoms with Gasteiger partial charge in [-0.1, -0.05) is 36.4 Å². The Morgan fingerprint density at radius 3 is 1.88 bits per heavy atom. The standard InChI is InChI=1S/C19H13IN2O4/c20-14-8-6-13(7-9-14)16(17-18(25)21-22-19(17)26)12-4-1-11(2-5-12)3-10-15(23)24/h1-10H,(H,21,25)(H,22,26)(H,23,24). The van der Waals surface area contributed by atoms with Crippen molar-refractivity contribution in [3.05, 3.63) is 80.4 Å². The Morgan fingerprint density at radius 1 is 0.885 bits per heavy atom. The van der Waals surface area contributed by atoms with Gasteiger partial charge in [0.2, 0.25) is 0 Å². The number of carbonyl (C=O) groups is 3. The number of aliphatic carboxylic acids is 1. The summed E-state index contributed by atoms with van der Waals surface area (Å²) < 4.78 is 1.03. The second kappa shape index (κ2) is 7.52. The Balaban J connectivity index is 2.11. The van der Waals surface area contributed by atoms with Crippen molar-refractivity contribution in [2.75, 3.05) is 0 Å². The maximum atomic E-state index is 12.2. The van der Waals surface area contributed by atoms with Crippen molar-refractivity contribution in [2.45, 2.75) is 0 Å². The highest BCUT2D eigenvalue weighted by Crippen LogP contribution is 2.29. The van der Waals surface area contributed by atoms with Crippen molar-refractivity contribution >= 4 is 52.0 Å². The molecular weight excluding hydrogens is 447 g/mol. The summed E-state index contributed by atoms with van der Waals surface area (Å²) in [6.45, 7) is 0. The molecule has 0 aliphatic carbocycles. The Bertz CT molecular complexity index is 927. The molecule has 0 aromatic heterocycles. The molecule has 7 heteroatoms. The van der Waals surface area contributed by atoms with Crippen molar-refractivity contribution in [1.29, 1.82) is 0 Å². The molecule has 1 fully saturated rings. The number of hydrogen-bond acceptors (Lipinski definition) is 3. The SMILES string of the molecule is O=C(O)C=Cc1ccc(C(=C2C(=O)NNC2=O)c2ccc(I)cc2)cc1. The van der Waals surface area contributed by atoms with Gasteiger partial charge in [0, 0.05) is 15.2 Å². The van der Waals surface area contributed by atoms with Gasteiger partial charge in [0.15, 0.2) is 0 Å². The van der Waals surface area contributed by atoms with Gasteiger partial charge in [-0.05, 0) is 57.5 Å². The van der Waals surface area contributed by atoms with Crippen molar-refractivity contribution in [3.8, 4) is 0 Å². The molecular formula is C19H13IN2O4. The maximum Gasteiger partial charge on any atom is 0.328 e. The number of amides is 2. The number of nitrogens with one attached hydrogen (secondary N) is 2. The molecule has 0 bridgehead atoms.